The van der Waals surface area contributed by atoms with Crippen LogP contribution in [0.25, 0.3) is 0 Å². The number of nitrogens with zero attached hydrogens (tertiary/aromatic N) is 1. The van der Waals surface area contributed by atoms with Crippen molar-refractivity contribution in [3.05, 3.63) is 27.7 Å². The molecule has 0 bridgehead atoms. The SMILES string of the molecule is Brc1cc2c3c(c1)CCCN3CCC2.Cl. The van der Waals surface area contributed by atoms with E-state index in [4.69, 9.17) is 0 Å². The Kier molecular flexibility index (Phi) is 3.27. The van der Waals surface area contributed by atoms with Gasteiger partial charge in [0, 0.05) is 23.2 Å². The van der Waals surface area contributed by atoms with Crippen LogP contribution in [-0.4, -0.2) is 13.1 Å². The summed E-state index contributed by atoms with van der Waals surface area (Å²) in [5.41, 5.74) is 4.67. The summed E-state index contributed by atoms with van der Waals surface area (Å²) >= 11 is 3.61. The molecule has 2 heterocycles. The van der Waals surface area contributed by atoms with Crippen LogP contribution in [0.5, 0.6) is 0 Å². The number of rotatable bonds is 0. The molecule has 3 rings (SSSR count). The van der Waals surface area contributed by atoms with Crippen molar-refractivity contribution in [2.45, 2.75) is 25.7 Å². The number of aryl methyl sites for hydroxylation is 2. The Balaban J connectivity index is 0.000000853. The fourth-order valence-electron chi connectivity index (χ4n) is 2.76. The molecule has 0 N–H and O–H groups in total. The Morgan fingerprint density at radius 3 is 2.07 bits per heavy atom. The van der Waals surface area contributed by atoms with E-state index in [1.165, 1.54) is 43.2 Å². The maximum atomic E-state index is 3.61. The van der Waals surface area contributed by atoms with E-state index in [-0.39, 0.29) is 12.4 Å². The van der Waals surface area contributed by atoms with Crippen LogP contribution >= 0.6 is 28.3 Å². The molecule has 2 aliphatic heterocycles. The summed E-state index contributed by atoms with van der Waals surface area (Å²) in [6.45, 7) is 2.53. The quantitative estimate of drug-likeness (QED) is 0.705. The normalized spacial score (nSPS) is 18.1. The summed E-state index contributed by atoms with van der Waals surface area (Å²) in [6, 6.07) is 4.60. The zero-order valence-electron chi connectivity index (χ0n) is 8.63. The van der Waals surface area contributed by atoms with Crippen molar-refractivity contribution in [3.63, 3.8) is 0 Å². The molecule has 0 unspecified atom stereocenters. The maximum absolute atomic E-state index is 3.61. The molecule has 1 aromatic rings. The molecule has 0 fully saturated rings. The van der Waals surface area contributed by atoms with E-state index in [1.807, 2.05) is 0 Å². The van der Waals surface area contributed by atoms with Gasteiger partial charge in [-0.2, -0.15) is 0 Å². The first-order chi connectivity index (χ1) is 6.84. The van der Waals surface area contributed by atoms with Gasteiger partial charge in [-0.1, -0.05) is 15.9 Å². The minimum atomic E-state index is 0. The molecule has 1 aromatic carbocycles. The average molecular weight is 289 g/mol. The first-order valence-corrected chi connectivity index (χ1v) is 6.20. The number of anilines is 1. The van der Waals surface area contributed by atoms with Gasteiger partial charge in [-0.3, -0.25) is 0 Å². The van der Waals surface area contributed by atoms with Crippen molar-refractivity contribution < 1.29 is 0 Å². The predicted octanol–water partition coefficient (Wildman–Crippen LogP) is 3.57. The second kappa shape index (κ2) is 4.34. The highest BCUT2D eigenvalue weighted by atomic mass is 79.9. The molecular formula is C12H15BrClN. The third kappa shape index (κ3) is 1.90. The van der Waals surface area contributed by atoms with Crippen molar-refractivity contribution in [3.8, 4) is 0 Å². The highest BCUT2D eigenvalue weighted by molar-refractivity contribution is 9.10. The first-order valence-electron chi connectivity index (χ1n) is 5.41. The van der Waals surface area contributed by atoms with Crippen LogP contribution in [0.1, 0.15) is 24.0 Å². The van der Waals surface area contributed by atoms with E-state index in [2.05, 4.69) is 33.0 Å². The third-order valence-corrected chi connectivity index (χ3v) is 3.75. The van der Waals surface area contributed by atoms with Gasteiger partial charge < -0.3 is 4.90 Å². The van der Waals surface area contributed by atoms with Crippen LogP contribution in [0.4, 0.5) is 5.69 Å². The van der Waals surface area contributed by atoms with Crippen LogP contribution in [0.15, 0.2) is 16.6 Å². The van der Waals surface area contributed by atoms with Crippen molar-refractivity contribution in [2.75, 3.05) is 18.0 Å². The lowest BCUT2D eigenvalue weighted by Crippen LogP contribution is -2.34. The van der Waals surface area contributed by atoms with E-state index >= 15 is 0 Å². The van der Waals surface area contributed by atoms with E-state index in [0.29, 0.717) is 0 Å². The van der Waals surface area contributed by atoms with Gasteiger partial charge in [0.25, 0.3) is 0 Å². The molecule has 15 heavy (non-hydrogen) atoms. The van der Waals surface area contributed by atoms with Crippen molar-refractivity contribution >= 4 is 34.0 Å². The fourth-order valence-corrected chi connectivity index (χ4v) is 3.31. The van der Waals surface area contributed by atoms with Gasteiger partial charge in [0.1, 0.15) is 0 Å². The Morgan fingerprint density at radius 2 is 1.53 bits per heavy atom. The van der Waals surface area contributed by atoms with E-state index in [0.717, 1.165) is 0 Å². The Bertz CT molecular complexity index is 347. The topological polar surface area (TPSA) is 3.24 Å². The van der Waals surface area contributed by atoms with Crippen LogP contribution in [0.2, 0.25) is 0 Å². The molecule has 82 valence electrons. The minimum Gasteiger partial charge on any atom is -0.371 e. The predicted molar refractivity (Wildman–Crippen MR) is 70.2 cm³/mol. The molecule has 0 saturated carbocycles. The van der Waals surface area contributed by atoms with Crippen LogP contribution in [-0.2, 0) is 12.8 Å². The first kappa shape index (κ1) is 11.3. The Morgan fingerprint density at radius 1 is 1.00 bits per heavy atom. The molecular weight excluding hydrogens is 273 g/mol. The number of hydrogen-bond acceptors (Lipinski definition) is 1. The van der Waals surface area contributed by atoms with Gasteiger partial charge in [-0.15, -0.1) is 12.4 Å². The summed E-state index contributed by atoms with van der Waals surface area (Å²) in [7, 11) is 0. The van der Waals surface area contributed by atoms with Crippen molar-refractivity contribution in [1.29, 1.82) is 0 Å². The van der Waals surface area contributed by atoms with E-state index in [1.54, 1.807) is 16.8 Å². The van der Waals surface area contributed by atoms with Gasteiger partial charge >= 0.3 is 0 Å². The van der Waals surface area contributed by atoms with Gasteiger partial charge in [0.2, 0.25) is 0 Å². The number of hydrogen-bond donors (Lipinski definition) is 0. The van der Waals surface area contributed by atoms with E-state index in [9.17, 15) is 0 Å². The maximum Gasteiger partial charge on any atom is 0.0432 e. The smallest absolute Gasteiger partial charge is 0.0432 e. The van der Waals surface area contributed by atoms with Gasteiger partial charge in [-0.25, -0.2) is 0 Å². The third-order valence-electron chi connectivity index (χ3n) is 3.30. The molecule has 0 aromatic heterocycles. The summed E-state index contributed by atoms with van der Waals surface area (Å²) in [5.74, 6) is 0. The zero-order chi connectivity index (χ0) is 9.54. The summed E-state index contributed by atoms with van der Waals surface area (Å²) in [6.07, 6.45) is 5.17. The fraction of sp³-hybridized carbons (Fsp3) is 0.500. The zero-order valence-corrected chi connectivity index (χ0v) is 11.0. The molecule has 0 aliphatic carbocycles. The molecule has 0 amide bonds. The van der Waals surface area contributed by atoms with Crippen molar-refractivity contribution in [2.24, 2.45) is 0 Å². The standard InChI is InChI=1S/C12H14BrN.ClH/c13-11-7-9-3-1-5-14-6-2-4-10(8-11)12(9)14;/h7-8H,1-6H2;1H. The molecule has 2 aliphatic rings. The summed E-state index contributed by atoms with van der Waals surface area (Å²) in [4.78, 5) is 2.57. The molecule has 0 atom stereocenters. The summed E-state index contributed by atoms with van der Waals surface area (Å²) < 4.78 is 1.26. The highest BCUT2D eigenvalue weighted by Gasteiger charge is 2.23. The monoisotopic (exact) mass is 287 g/mol. The van der Waals surface area contributed by atoms with E-state index < -0.39 is 0 Å². The molecule has 0 spiro atoms. The molecule has 0 radical (unpaired) electrons. The highest BCUT2D eigenvalue weighted by Crippen LogP contribution is 2.37. The lowest BCUT2D eigenvalue weighted by atomic mass is 9.92. The van der Waals surface area contributed by atoms with Gasteiger partial charge in [0.05, 0.1) is 0 Å². The second-order valence-electron chi connectivity index (χ2n) is 4.27. The Labute approximate surface area is 105 Å². The molecule has 3 heteroatoms. The summed E-state index contributed by atoms with van der Waals surface area (Å²) in [5, 5.41) is 0. The lowest BCUT2D eigenvalue weighted by molar-refractivity contribution is 0.633. The van der Waals surface area contributed by atoms with Crippen molar-refractivity contribution in [1.82, 2.24) is 0 Å². The minimum absolute atomic E-state index is 0. The Hall–Kier alpha value is -0.210. The molecule has 0 saturated heterocycles. The number of halogens is 2. The van der Waals surface area contributed by atoms with Crippen LogP contribution in [0.3, 0.4) is 0 Å². The number of benzene rings is 1. The van der Waals surface area contributed by atoms with Gasteiger partial charge in [-0.05, 0) is 48.9 Å². The van der Waals surface area contributed by atoms with Gasteiger partial charge in [0.15, 0.2) is 0 Å². The second-order valence-corrected chi connectivity index (χ2v) is 5.18. The lowest BCUT2D eigenvalue weighted by Gasteiger charge is -2.37. The molecule has 1 nitrogen and oxygen atoms in total. The average Bonchev–Trinajstić information content (AvgIpc) is 2.18. The van der Waals surface area contributed by atoms with Crippen LogP contribution in [0, 0.1) is 0 Å². The van der Waals surface area contributed by atoms with Crippen LogP contribution < -0.4 is 4.90 Å². The largest absolute Gasteiger partial charge is 0.371 e.